The van der Waals surface area contributed by atoms with Crippen LogP contribution in [-0.4, -0.2) is 13.1 Å². The lowest BCUT2D eigenvalue weighted by atomic mass is 9.96. The molecule has 1 heteroatoms. The van der Waals surface area contributed by atoms with E-state index in [2.05, 4.69) is 36.5 Å². The van der Waals surface area contributed by atoms with Crippen LogP contribution in [-0.2, 0) is 6.42 Å². The monoisotopic (exact) mass is 257 g/mol. The molecule has 1 aliphatic carbocycles. The van der Waals surface area contributed by atoms with Crippen LogP contribution in [0.1, 0.15) is 49.7 Å². The van der Waals surface area contributed by atoms with Crippen LogP contribution < -0.4 is 5.32 Å². The fraction of sp³-hybridized carbons (Fsp3) is 0.667. The Morgan fingerprint density at radius 3 is 2.58 bits per heavy atom. The zero-order chi connectivity index (χ0) is 13.1. The molecule has 104 valence electrons. The van der Waals surface area contributed by atoms with E-state index in [1.807, 2.05) is 0 Å². The summed E-state index contributed by atoms with van der Waals surface area (Å²) < 4.78 is 0. The summed E-state index contributed by atoms with van der Waals surface area (Å²) in [6, 6.07) is 9.03. The molecule has 0 amide bonds. The van der Waals surface area contributed by atoms with Gasteiger partial charge in [-0.1, -0.05) is 49.1 Å². The Balaban J connectivity index is 1.26. The molecule has 0 aromatic heterocycles. The van der Waals surface area contributed by atoms with Crippen molar-refractivity contribution in [3.8, 4) is 0 Å². The first kappa shape index (κ1) is 13.2. The average molecular weight is 257 g/mol. The summed E-state index contributed by atoms with van der Waals surface area (Å²) in [5.74, 6) is 1.04. The van der Waals surface area contributed by atoms with Crippen LogP contribution in [0.4, 0.5) is 0 Å². The molecule has 1 saturated heterocycles. The maximum atomic E-state index is 3.54. The first-order valence-electron chi connectivity index (χ1n) is 8.05. The van der Waals surface area contributed by atoms with Gasteiger partial charge in [-0.3, -0.25) is 0 Å². The minimum atomic E-state index is 0.761. The molecule has 1 aliphatic heterocycles. The molecule has 2 unspecified atom stereocenters. The first-order chi connectivity index (χ1) is 9.28. The van der Waals surface area contributed by atoms with Crippen molar-refractivity contribution in [2.75, 3.05) is 13.1 Å². The van der Waals surface area contributed by atoms with E-state index < -0.39 is 0 Å². The van der Waals surface area contributed by atoms with Crippen LogP contribution in [0.3, 0.4) is 0 Å². The van der Waals surface area contributed by atoms with E-state index in [9.17, 15) is 0 Å². The number of unbranched alkanes of at least 4 members (excludes halogenated alkanes) is 3. The minimum absolute atomic E-state index is 0.761. The summed E-state index contributed by atoms with van der Waals surface area (Å²) in [4.78, 5) is 0. The maximum Gasteiger partial charge on any atom is 0.00112 e. The fourth-order valence-electron chi connectivity index (χ4n) is 3.74. The number of hydrogen-bond acceptors (Lipinski definition) is 1. The molecule has 19 heavy (non-hydrogen) atoms. The summed E-state index contributed by atoms with van der Waals surface area (Å²) in [5, 5.41) is 3.54. The predicted molar refractivity (Wildman–Crippen MR) is 81.4 cm³/mol. The van der Waals surface area contributed by atoms with Crippen LogP contribution in [0, 0.1) is 18.3 Å². The predicted octanol–water partition coefficient (Wildman–Crippen LogP) is 4.10. The molecule has 2 atom stereocenters. The van der Waals surface area contributed by atoms with E-state index in [4.69, 9.17) is 0 Å². The van der Waals surface area contributed by atoms with Crippen molar-refractivity contribution < 1.29 is 0 Å². The third-order valence-corrected chi connectivity index (χ3v) is 5.24. The van der Waals surface area contributed by atoms with Crippen LogP contribution in [0.25, 0.3) is 0 Å². The molecule has 3 rings (SSSR count). The van der Waals surface area contributed by atoms with Gasteiger partial charge in [-0.25, -0.2) is 0 Å². The molecular formula is C18H27N. The van der Waals surface area contributed by atoms with Gasteiger partial charge in [0.1, 0.15) is 0 Å². The van der Waals surface area contributed by atoms with E-state index in [-0.39, 0.29) is 0 Å². The normalized spacial score (nSPS) is 28.4. The van der Waals surface area contributed by atoms with E-state index in [1.54, 1.807) is 0 Å². The Morgan fingerprint density at radius 1 is 1.11 bits per heavy atom. The number of aryl methyl sites for hydroxylation is 2. The van der Waals surface area contributed by atoms with Crippen molar-refractivity contribution in [3.05, 3.63) is 35.4 Å². The van der Waals surface area contributed by atoms with Crippen molar-refractivity contribution in [2.45, 2.75) is 51.9 Å². The summed E-state index contributed by atoms with van der Waals surface area (Å²) in [6.45, 7) is 4.76. The van der Waals surface area contributed by atoms with Crippen molar-refractivity contribution in [1.29, 1.82) is 0 Å². The number of benzene rings is 1. The highest BCUT2D eigenvalue weighted by atomic mass is 15.0. The van der Waals surface area contributed by atoms with Gasteiger partial charge >= 0.3 is 0 Å². The zero-order valence-corrected chi connectivity index (χ0v) is 12.3. The second-order valence-electron chi connectivity index (χ2n) is 6.79. The first-order valence-corrected chi connectivity index (χ1v) is 8.05. The van der Waals surface area contributed by atoms with Gasteiger partial charge in [0.05, 0.1) is 0 Å². The highest BCUT2D eigenvalue weighted by Crippen LogP contribution is 2.58. The molecule has 2 aliphatic rings. The lowest BCUT2D eigenvalue weighted by molar-refractivity contribution is 0.437. The molecule has 0 radical (unpaired) electrons. The van der Waals surface area contributed by atoms with Gasteiger partial charge in [0.2, 0.25) is 0 Å². The molecule has 0 bridgehead atoms. The summed E-state index contributed by atoms with van der Waals surface area (Å²) in [5.41, 5.74) is 3.63. The Kier molecular flexibility index (Phi) is 3.93. The van der Waals surface area contributed by atoms with Crippen LogP contribution in [0.2, 0.25) is 0 Å². The Labute approximate surface area is 117 Å². The van der Waals surface area contributed by atoms with Crippen LogP contribution >= 0.6 is 0 Å². The van der Waals surface area contributed by atoms with E-state index in [0.717, 1.165) is 11.3 Å². The third-order valence-electron chi connectivity index (χ3n) is 5.24. The molecule has 1 nitrogen and oxygen atoms in total. The number of fused-ring (bicyclic) bond motifs is 1. The van der Waals surface area contributed by atoms with Crippen molar-refractivity contribution >= 4 is 0 Å². The van der Waals surface area contributed by atoms with Gasteiger partial charge in [-0.2, -0.15) is 0 Å². The summed E-state index contributed by atoms with van der Waals surface area (Å²) >= 11 is 0. The average Bonchev–Trinajstić information content (AvgIpc) is 2.97. The second kappa shape index (κ2) is 5.66. The van der Waals surface area contributed by atoms with Crippen LogP contribution in [0.5, 0.6) is 0 Å². The molecule has 1 heterocycles. The summed E-state index contributed by atoms with van der Waals surface area (Å²) in [7, 11) is 0. The van der Waals surface area contributed by atoms with Gasteiger partial charge in [0, 0.05) is 6.54 Å². The van der Waals surface area contributed by atoms with E-state index >= 15 is 0 Å². The molecule has 1 aromatic carbocycles. The molecule has 0 spiro atoms. The molecule has 2 fully saturated rings. The Hall–Kier alpha value is -0.820. The smallest absolute Gasteiger partial charge is 0.00112 e. The second-order valence-corrected chi connectivity index (χ2v) is 6.79. The van der Waals surface area contributed by atoms with E-state index in [1.165, 1.54) is 69.2 Å². The number of nitrogens with one attached hydrogen (secondary N) is 1. The topological polar surface area (TPSA) is 12.0 Å². The number of rotatable bonds is 7. The third kappa shape index (κ3) is 3.20. The highest BCUT2D eigenvalue weighted by Gasteiger charge is 2.55. The molecule has 1 saturated carbocycles. The van der Waals surface area contributed by atoms with Crippen molar-refractivity contribution in [1.82, 2.24) is 5.32 Å². The van der Waals surface area contributed by atoms with Gasteiger partial charge in [-0.15, -0.1) is 0 Å². The maximum absolute atomic E-state index is 3.54. The van der Waals surface area contributed by atoms with Gasteiger partial charge in [0.15, 0.2) is 0 Å². The fourth-order valence-corrected chi connectivity index (χ4v) is 3.74. The molecular weight excluding hydrogens is 230 g/mol. The van der Waals surface area contributed by atoms with Crippen molar-refractivity contribution in [2.24, 2.45) is 11.3 Å². The van der Waals surface area contributed by atoms with E-state index in [0.29, 0.717) is 0 Å². The van der Waals surface area contributed by atoms with Gasteiger partial charge in [-0.05, 0) is 56.0 Å². The number of piperidine rings is 1. The van der Waals surface area contributed by atoms with Crippen molar-refractivity contribution in [3.63, 3.8) is 0 Å². The highest BCUT2D eigenvalue weighted by molar-refractivity contribution is 5.21. The standard InChI is InChI=1S/C18H27N/c1-15-7-9-16(10-8-15)6-4-2-3-5-11-18-12-17(18)13-19-14-18/h7-10,17,19H,2-6,11-14H2,1H3. The van der Waals surface area contributed by atoms with Gasteiger partial charge in [0.25, 0.3) is 0 Å². The summed E-state index contributed by atoms with van der Waals surface area (Å²) in [6.07, 6.45) is 9.90. The zero-order valence-electron chi connectivity index (χ0n) is 12.3. The lowest BCUT2D eigenvalue weighted by Crippen LogP contribution is -2.16. The minimum Gasteiger partial charge on any atom is -0.316 e. The Morgan fingerprint density at radius 2 is 1.89 bits per heavy atom. The van der Waals surface area contributed by atoms with Gasteiger partial charge < -0.3 is 5.32 Å². The van der Waals surface area contributed by atoms with Crippen LogP contribution in [0.15, 0.2) is 24.3 Å². The molecule has 1 N–H and O–H groups in total. The number of hydrogen-bond donors (Lipinski definition) is 1. The Bertz CT molecular complexity index is 408. The quantitative estimate of drug-likeness (QED) is 0.725. The lowest BCUT2D eigenvalue weighted by Gasteiger charge is -2.10. The SMILES string of the molecule is Cc1ccc(CCCCCCC23CNCC2C3)cc1. The largest absolute Gasteiger partial charge is 0.316 e. The molecule has 1 aromatic rings.